The lowest BCUT2D eigenvalue weighted by atomic mass is 10.0. The summed E-state index contributed by atoms with van der Waals surface area (Å²) in [6.45, 7) is 4.16. The Labute approximate surface area is 147 Å². The summed E-state index contributed by atoms with van der Waals surface area (Å²) in [6.07, 6.45) is 8.05. The summed E-state index contributed by atoms with van der Waals surface area (Å²) < 4.78 is 7.84. The second-order valence-electron chi connectivity index (χ2n) is 6.20. The third-order valence-electron chi connectivity index (χ3n) is 4.74. The summed E-state index contributed by atoms with van der Waals surface area (Å²) in [7, 11) is 0. The lowest BCUT2D eigenvalue weighted by Crippen LogP contribution is -2.18. The van der Waals surface area contributed by atoms with Crippen LogP contribution in [-0.2, 0) is 19.4 Å². The van der Waals surface area contributed by atoms with E-state index in [1.54, 1.807) is 23.2 Å². The number of nitrogens with zero attached hydrogens (tertiary/aromatic N) is 3. The first-order valence-corrected chi connectivity index (χ1v) is 9.07. The maximum absolute atomic E-state index is 12.7. The van der Waals surface area contributed by atoms with Gasteiger partial charge in [0.15, 0.2) is 5.76 Å². The Bertz CT molecular complexity index is 1190. The molecule has 0 bridgehead atoms. The van der Waals surface area contributed by atoms with E-state index in [9.17, 15) is 4.79 Å². The number of aryl methyl sites for hydroxylation is 1. The molecule has 0 radical (unpaired) electrons. The second-order valence-corrected chi connectivity index (χ2v) is 7.20. The van der Waals surface area contributed by atoms with E-state index in [-0.39, 0.29) is 5.56 Å². The van der Waals surface area contributed by atoms with Crippen LogP contribution in [0.1, 0.15) is 17.5 Å². The van der Waals surface area contributed by atoms with Crippen LogP contribution in [0.15, 0.2) is 46.6 Å². The molecule has 0 atom stereocenters. The molecule has 0 fully saturated rings. The number of hydrogen-bond donors (Lipinski definition) is 0. The molecule has 4 heterocycles. The van der Waals surface area contributed by atoms with Gasteiger partial charge in [-0.15, -0.1) is 17.9 Å². The fraction of sp³-hybridized carbons (Fsp3) is 0.211. The molecule has 124 valence electrons. The lowest BCUT2D eigenvalue weighted by molar-refractivity contribution is 0.579. The Balaban J connectivity index is 1.89. The average Bonchev–Trinajstić information content (AvgIpc) is 3.35. The first kappa shape index (κ1) is 14.6. The van der Waals surface area contributed by atoms with Crippen molar-refractivity contribution in [3.05, 3.63) is 58.9 Å². The molecule has 5 rings (SSSR count). The monoisotopic (exact) mass is 349 g/mol. The number of rotatable bonds is 3. The zero-order valence-electron chi connectivity index (χ0n) is 13.5. The highest BCUT2D eigenvalue weighted by Crippen LogP contribution is 2.41. The van der Waals surface area contributed by atoms with Crippen LogP contribution in [0.25, 0.3) is 31.9 Å². The van der Waals surface area contributed by atoms with Crippen molar-refractivity contribution in [1.29, 1.82) is 0 Å². The number of aromatic nitrogens is 3. The molecule has 6 heteroatoms. The van der Waals surface area contributed by atoms with Gasteiger partial charge < -0.3 is 4.42 Å². The van der Waals surface area contributed by atoms with Crippen molar-refractivity contribution in [2.75, 3.05) is 0 Å². The highest BCUT2D eigenvalue weighted by atomic mass is 32.1. The highest BCUT2D eigenvalue weighted by molar-refractivity contribution is 7.25. The minimum atomic E-state index is -0.0285. The zero-order valence-corrected chi connectivity index (χ0v) is 14.3. The third kappa shape index (κ3) is 2.04. The van der Waals surface area contributed by atoms with Crippen molar-refractivity contribution in [3.63, 3.8) is 0 Å². The number of pyridine rings is 1. The third-order valence-corrected chi connectivity index (χ3v) is 5.81. The summed E-state index contributed by atoms with van der Waals surface area (Å²) in [4.78, 5) is 23.0. The number of furan rings is 1. The van der Waals surface area contributed by atoms with E-state index in [0.29, 0.717) is 11.2 Å². The summed E-state index contributed by atoms with van der Waals surface area (Å²) in [5, 5.41) is 1.05. The lowest BCUT2D eigenvalue weighted by Gasteiger charge is -2.07. The van der Waals surface area contributed by atoms with Gasteiger partial charge in [-0.25, -0.2) is 9.97 Å². The van der Waals surface area contributed by atoms with Crippen LogP contribution in [0.5, 0.6) is 0 Å². The summed E-state index contributed by atoms with van der Waals surface area (Å²) in [6, 6.07) is 3.82. The van der Waals surface area contributed by atoms with E-state index in [1.165, 1.54) is 22.5 Å². The molecule has 5 nitrogen and oxygen atoms in total. The van der Waals surface area contributed by atoms with Crippen molar-refractivity contribution >= 4 is 31.8 Å². The molecule has 0 amide bonds. The number of fused-ring (bicyclic) bond motifs is 5. The van der Waals surface area contributed by atoms with E-state index in [0.717, 1.165) is 46.4 Å². The van der Waals surface area contributed by atoms with Crippen molar-refractivity contribution in [1.82, 2.24) is 14.5 Å². The molecule has 0 spiro atoms. The smallest absolute Gasteiger partial charge is 0.271 e. The van der Waals surface area contributed by atoms with Gasteiger partial charge in [0, 0.05) is 11.9 Å². The van der Waals surface area contributed by atoms with Gasteiger partial charge in [-0.3, -0.25) is 9.36 Å². The van der Waals surface area contributed by atoms with Crippen LogP contribution in [-0.4, -0.2) is 14.5 Å². The minimum Gasteiger partial charge on any atom is -0.463 e. The predicted octanol–water partition coefficient (Wildman–Crippen LogP) is 3.94. The second kappa shape index (κ2) is 5.39. The van der Waals surface area contributed by atoms with Gasteiger partial charge in [0.25, 0.3) is 5.56 Å². The van der Waals surface area contributed by atoms with E-state index in [2.05, 4.69) is 11.6 Å². The Morgan fingerprint density at radius 2 is 2.24 bits per heavy atom. The Kier molecular flexibility index (Phi) is 3.15. The van der Waals surface area contributed by atoms with Crippen LogP contribution in [0, 0.1) is 0 Å². The van der Waals surface area contributed by atoms with Gasteiger partial charge in [-0.2, -0.15) is 0 Å². The molecule has 4 aromatic heterocycles. The fourth-order valence-electron chi connectivity index (χ4n) is 3.68. The molecule has 1 aliphatic rings. The molecule has 0 aliphatic heterocycles. The number of hydrogen-bond acceptors (Lipinski definition) is 5. The normalized spacial score (nSPS) is 13.6. The standard InChI is InChI=1S/C19H15N3O2S/c1-2-8-22-10-20-16-14-11-5-3-6-12(11)15(13-7-4-9-24-13)21-18(14)25-17(16)19(22)23/h2,4,7,9-10H,1,3,5-6,8H2. The number of thiophene rings is 1. The molecule has 0 saturated heterocycles. The molecule has 0 aromatic carbocycles. The van der Waals surface area contributed by atoms with Gasteiger partial charge in [0.1, 0.15) is 15.2 Å². The van der Waals surface area contributed by atoms with Crippen molar-refractivity contribution < 1.29 is 4.42 Å². The van der Waals surface area contributed by atoms with Gasteiger partial charge >= 0.3 is 0 Å². The van der Waals surface area contributed by atoms with Crippen LogP contribution in [0.2, 0.25) is 0 Å². The van der Waals surface area contributed by atoms with Gasteiger partial charge in [-0.1, -0.05) is 6.08 Å². The SMILES string of the molecule is C=CCn1cnc2c(sc3nc(-c4ccco4)c4c(c32)CCC4)c1=O. The summed E-state index contributed by atoms with van der Waals surface area (Å²) >= 11 is 1.42. The fourth-order valence-corrected chi connectivity index (χ4v) is 4.78. The molecule has 4 aromatic rings. The van der Waals surface area contributed by atoms with Gasteiger partial charge in [0.05, 0.1) is 18.1 Å². The predicted molar refractivity (Wildman–Crippen MR) is 99.1 cm³/mol. The Hall–Kier alpha value is -2.73. The minimum absolute atomic E-state index is 0.0285. The van der Waals surface area contributed by atoms with Gasteiger partial charge in [0.2, 0.25) is 0 Å². The zero-order chi connectivity index (χ0) is 17.0. The average molecular weight is 349 g/mol. The van der Waals surface area contributed by atoms with Crippen molar-refractivity contribution in [2.24, 2.45) is 0 Å². The first-order chi connectivity index (χ1) is 12.3. The van der Waals surface area contributed by atoms with E-state index in [4.69, 9.17) is 9.40 Å². The van der Waals surface area contributed by atoms with Crippen molar-refractivity contribution in [3.8, 4) is 11.5 Å². The first-order valence-electron chi connectivity index (χ1n) is 8.26. The van der Waals surface area contributed by atoms with E-state index >= 15 is 0 Å². The van der Waals surface area contributed by atoms with E-state index < -0.39 is 0 Å². The number of allylic oxidation sites excluding steroid dienone is 1. The van der Waals surface area contributed by atoms with Crippen molar-refractivity contribution in [2.45, 2.75) is 25.8 Å². The van der Waals surface area contributed by atoms with Crippen LogP contribution in [0.4, 0.5) is 0 Å². The molecule has 0 unspecified atom stereocenters. The molecule has 0 N–H and O–H groups in total. The summed E-state index contributed by atoms with van der Waals surface area (Å²) in [5.41, 5.74) is 4.17. The highest BCUT2D eigenvalue weighted by Gasteiger charge is 2.25. The molecule has 25 heavy (non-hydrogen) atoms. The molecular formula is C19H15N3O2S. The van der Waals surface area contributed by atoms with Crippen LogP contribution in [0.3, 0.4) is 0 Å². The molecular weight excluding hydrogens is 334 g/mol. The topological polar surface area (TPSA) is 60.9 Å². The van der Waals surface area contributed by atoms with Crippen LogP contribution >= 0.6 is 11.3 Å². The van der Waals surface area contributed by atoms with Gasteiger partial charge in [-0.05, 0) is 42.5 Å². The van der Waals surface area contributed by atoms with E-state index in [1.807, 2.05) is 12.1 Å². The summed E-state index contributed by atoms with van der Waals surface area (Å²) in [5.74, 6) is 0.787. The molecule has 1 aliphatic carbocycles. The Morgan fingerprint density at radius 3 is 3.04 bits per heavy atom. The quantitative estimate of drug-likeness (QED) is 0.526. The maximum Gasteiger partial charge on any atom is 0.271 e. The largest absolute Gasteiger partial charge is 0.463 e. The Morgan fingerprint density at radius 1 is 1.36 bits per heavy atom. The molecule has 0 saturated carbocycles. The maximum atomic E-state index is 12.7. The van der Waals surface area contributed by atoms with Crippen LogP contribution < -0.4 is 5.56 Å².